The van der Waals surface area contributed by atoms with Crippen LogP contribution >= 0.6 is 0 Å². The lowest BCUT2D eigenvalue weighted by atomic mass is 9.84. The Hall–Kier alpha value is -2.37. The van der Waals surface area contributed by atoms with Gasteiger partial charge in [0.25, 0.3) is 5.91 Å². The SMILES string of the molecule is CCC(C)(C)C(=O)C(=O)N1CCCCC1C(=O)OCCCCc1ccc(OC)cc1. The van der Waals surface area contributed by atoms with Gasteiger partial charge in [0.1, 0.15) is 11.8 Å². The largest absolute Gasteiger partial charge is 0.497 e. The molecule has 1 amide bonds. The van der Waals surface area contributed by atoms with Gasteiger partial charge in [0.2, 0.25) is 5.78 Å². The van der Waals surface area contributed by atoms with E-state index in [0.717, 1.165) is 37.9 Å². The van der Waals surface area contributed by atoms with Crippen LogP contribution in [-0.4, -0.2) is 48.9 Å². The van der Waals surface area contributed by atoms with Gasteiger partial charge in [-0.3, -0.25) is 9.59 Å². The number of ether oxygens (including phenoxy) is 2. The Morgan fingerprint density at radius 2 is 1.80 bits per heavy atom. The molecule has 2 rings (SSSR count). The molecule has 0 aromatic heterocycles. The van der Waals surface area contributed by atoms with E-state index in [-0.39, 0.29) is 0 Å². The van der Waals surface area contributed by atoms with Crippen molar-refractivity contribution in [1.29, 1.82) is 0 Å². The zero-order valence-electron chi connectivity index (χ0n) is 18.7. The second-order valence-corrected chi connectivity index (χ2v) is 8.55. The van der Waals surface area contributed by atoms with E-state index in [1.165, 1.54) is 10.5 Å². The standard InChI is InChI=1S/C24H35NO5/c1-5-24(2,3)21(26)22(27)25-16-8-6-11-20(25)23(28)30-17-9-7-10-18-12-14-19(29-4)15-13-18/h12-15,20H,5-11,16-17H2,1-4H3. The molecule has 1 atom stereocenters. The number of amides is 1. The highest BCUT2D eigenvalue weighted by Gasteiger charge is 2.40. The molecule has 166 valence electrons. The van der Waals surface area contributed by atoms with Gasteiger partial charge in [-0.2, -0.15) is 0 Å². The molecule has 1 aliphatic rings. The van der Waals surface area contributed by atoms with Gasteiger partial charge in [0, 0.05) is 12.0 Å². The van der Waals surface area contributed by atoms with Gasteiger partial charge in [-0.25, -0.2) is 4.79 Å². The fraction of sp³-hybridized carbons (Fsp3) is 0.625. The predicted molar refractivity (Wildman–Crippen MR) is 115 cm³/mol. The van der Waals surface area contributed by atoms with E-state index in [0.29, 0.717) is 26.0 Å². The molecule has 0 aliphatic carbocycles. The first kappa shape index (κ1) is 23.9. The molecule has 1 unspecified atom stereocenters. The highest BCUT2D eigenvalue weighted by atomic mass is 16.5. The van der Waals surface area contributed by atoms with Gasteiger partial charge in [-0.05, 0) is 62.6 Å². The van der Waals surface area contributed by atoms with Crippen LogP contribution in [0.2, 0.25) is 0 Å². The number of nitrogens with zero attached hydrogens (tertiary/aromatic N) is 1. The minimum absolute atomic E-state index is 0.321. The first-order valence-corrected chi connectivity index (χ1v) is 10.9. The van der Waals surface area contributed by atoms with E-state index in [9.17, 15) is 14.4 Å². The third-order valence-corrected chi connectivity index (χ3v) is 5.99. The number of unbranched alkanes of at least 4 members (excludes halogenated alkanes) is 1. The smallest absolute Gasteiger partial charge is 0.328 e. The maximum absolute atomic E-state index is 12.8. The number of esters is 1. The van der Waals surface area contributed by atoms with E-state index in [4.69, 9.17) is 9.47 Å². The maximum atomic E-state index is 12.8. The Balaban J connectivity index is 1.82. The van der Waals surface area contributed by atoms with Gasteiger partial charge in [-0.15, -0.1) is 0 Å². The van der Waals surface area contributed by atoms with Gasteiger partial charge >= 0.3 is 5.97 Å². The van der Waals surface area contributed by atoms with E-state index >= 15 is 0 Å². The predicted octanol–water partition coefficient (Wildman–Crippen LogP) is 3.95. The molecule has 1 saturated heterocycles. The number of piperidine rings is 1. The molecule has 1 aliphatic heterocycles. The Morgan fingerprint density at radius 3 is 2.43 bits per heavy atom. The summed E-state index contributed by atoms with van der Waals surface area (Å²) >= 11 is 0. The minimum Gasteiger partial charge on any atom is -0.497 e. The molecule has 1 fully saturated rings. The van der Waals surface area contributed by atoms with Crippen LogP contribution in [0.3, 0.4) is 0 Å². The van der Waals surface area contributed by atoms with Crippen LogP contribution in [-0.2, 0) is 25.5 Å². The molecule has 0 radical (unpaired) electrons. The van der Waals surface area contributed by atoms with Crippen molar-refractivity contribution in [2.45, 2.75) is 71.8 Å². The van der Waals surface area contributed by atoms with Gasteiger partial charge in [0.05, 0.1) is 13.7 Å². The zero-order valence-corrected chi connectivity index (χ0v) is 18.7. The molecule has 1 heterocycles. The number of methoxy groups -OCH3 is 1. The van der Waals surface area contributed by atoms with Crippen molar-refractivity contribution in [3.63, 3.8) is 0 Å². The lowest BCUT2D eigenvalue weighted by Crippen LogP contribution is -2.53. The molecule has 0 N–H and O–H groups in total. The van der Waals surface area contributed by atoms with E-state index in [2.05, 4.69) is 0 Å². The summed E-state index contributed by atoms with van der Waals surface area (Å²) in [5.41, 5.74) is 0.494. The quantitative estimate of drug-likeness (QED) is 0.327. The molecule has 6 nitrogen and oxygen atoms in total. The van der Waals surface area contributed by atoms with Crippen molar-refractivity contribution >= 4 is 17.7 Å². The van der Waals surface area contributed by atoms with Gasteiger partial charge in [-0.1, -0.05) is 32.9 Å². The van der Waals surface area contributed by atoms with Crippen molar-refractivity contribution in [2.24, 2.45) is 5.41 Å². The monoisotopic (exact) mass is 417 g/mol. The van der Waals surface area contributed by atoms with Crippen LogP contribution in [0.4, 0.5) is 0 Å². The molecular formula is C24H35NO5. The Morgan fingerprint density at radius 1 is 1.10 bits per heavy atom. The van der Waals surface area contributed by atoms with E-state index < -0.39 is 29.1 Å². The summed E-state index contributed by atoms with van der Waals surface area (Å²) in [7, 11) is 1.64. The number of ketones is 1. The van der Waals surface area contributed by atoms with E-state index in [1.54, 1.807) is 21.0 Å². The summed E-state index contributed by atoms with van der Waals surface area (Å²) in [5, 5.41) is 0. The molecule has 0 bridgehead atoms. The summed E-state index contributed by atoms with van der Waals surface area (Å²) < 4.78 is 10.6. The Kier molecular flexibility index (Phi) is 8.88. The first-order chi connectivity index (χ1) is 14.3. The lowest BCUT2D eigenvalue weighted by molar-refractivity contribution is -0.161. The zero-order chi connectivity index (χ0) is 22.1. The fourth-order valence-electron chi connectivity index (χ4n) is 3.49. The number of hydrogen-bond donors (Lipinski definition) is 0. The maximum Gasteiger partial charge on any atom is 0.328 e. The molecule has 1 aromatic rings. The number of aryl methyl sites for hydroxylation is 1. The summed E-state index contributed by atoms with van der Waals surface area (Å²) in [6.07, 6.45) is 5.33. The molecule has 0 spiro atoms. The Labute approximate surface area is 179 Å². The van der Waals surface area contributed by atoms with Crippen molar-refractivity contribution in [3.05, 3.63) is 29.8 Å². The second-order valence-electron chi connectivity index (χ2n) is 8.55. The van der Waals surface area contributed by atoms with Crippen molar-refractivity contribution in [2.75, 3.05) is 20.3 Å². The molecule has 0 saturated carbocycles. The highest BCUT2D eigenvalue weighted by Crippen LogP contribution is 2.25. The minimum atomic E-state index is -0.718. The second kappa shape index (κ2) is 11.1. The molecule has 30 heavy (non-hydrogen) atoms. The number of Topliss-reactive ketones (excluding diaryl/α,β-unsaturated/α-hetero) is 1. The molecule has 1 aromatic carbocycles. The number of hydrogen-bond acceptors (Lipinski definition) is 5. The number of carbonyl (C=O) groups is 3. The van der Waals surface area contributed by atoms with Crippen LogP contribution in [0.15, 0.2) is 24.3 Å². The Bertz CT molecular complexity index is 726. The number of likely N-dealkylation sites (tertiary alicyclic amines) is 1. The van der Waals surface area contributed by atoms with Crippen LogP contribution in [0.5, 0.6) is 5.75 Å². The summed E-state index contributed by atoms with van der Waals surface area (Å²) in [6, 6.07) is 7.29. The van der Waals surface area contributed by atoms with Crippen molar-refractivity contribution < 1.29 is 23.9 Å². The fourth-order valence-corrected chi connectivity index (χ4v) is 3.49. The topological polar surface area (TPSA) is 72.9 Å². The highest BCUT2D eigenvalue weighted by molar-refractivity contribution is 6.38. The van der Waals surface area contributed by atoms with E-state index in [1.807, 2.05) is 31.2 Å². The first-order valence-electron chi connectivity index (χ1n) is 10.9. The average molecular weight is 418 g/mol. The average Bonchev–Trinajstić information content (AvgIpc) is 2.78. The van der Waals surface area contributed by atoms with Crippen LogP contribution in [0.1, 0.15) is 64.9 Å². The molecular weight excluding hydrogens is 382 g/mol. The lowest BCUT2D eigenvalue weighted by Gasteiger charge is -2.35. The summed E-state index contributed by atoms with van der Waals surface area (Å²) in [4.78, 5) is 39.4. The molecule has 6 heteroatoms. The number of carbonyl (C=O) groups excluding carboxylic acids is 3. The van der Waals surface area contributed by atoms with Crippen LogP contribution in [0, 0.1) is 5.41 Å². The van der Waals surface area contributed by atoms with Crippen LogP contribution < -0.4 is 4.74 Å². The number of benzene rings is 1. The summed E-state index contributed by atoms with van der Waals surface area (Å²) in [6.45, 7) is 6.18. The third kappa shape index (κ3) is 6.31. The van der Waals surface area contributed by atoms with Crippen molar-refractivity contribution in [3.8, 4) is 5.75 Å². The number of rotatable bonds is 10. The van der Waals surface area contributed by atoms with Crippen LogP contribution in [0.25, 0.3) is 0 Å². The summed E-state index contributed by atoms with van der Waals surface area (Å²) in [5.74, 6) is -0.540. The normalized spacial score (nSPS) is 16.8. The third-order valence-electron chi connectivity index (χ3n) is 5.99. The van der Waals surface area contributed by atoms with Gasteiger partial charge in [0.15, 0.2) is 0 Å². The van der Waals surface area contributed by atoms with Crippen molar-refractivity contribution in [1.82, 2.24) is 4.90 Å². The van der Waals surface area contributed by atoms with Gasteiger partial charge < -0.3 is 14.4 Å².